The summed E-state index contributed by atoms with van der Waals surface area (Å²) in [5.41, 5.74) is 7.01. The van der Waals surface area contributed by atoms with Crippen molar-refractivity contribution in [2.75, 3.05) is 11.1 Å². The molecule has 9 nitrogen and oxygen atoms in total. The molecule has 2 heterocycles. The van der Waals surface area contributed by atoms with Gasteiger partial charge in [0.2, 0.25) is 5.95 Å². The van der Waals surface area contributed by atoms with Crippen molar-refractivity contribution in [3.8, 4) is 11.5 Å². The molecule has 0 saturated heterocycles. The number of nitrogens with two attached hydrogens (primary N) is 1. The number of nitrogens with one attached hydrogen (secondary N) is 3. The number of anilines is 2. The molecule has 0 fully saturated rings. The summed E-state index contributed by atoms with van der Waals surface area (Å²) in [5, 5.41) is 6.01. The predicted molar refractivity (Wildman–Crippen MR) is 106 cm³/mol. The van der Waals surface area contributed by atoms with Crippen LogP contribution in [0.15, 0.2) is 35.3 Å². The van der Waals surface area contributed by atoms with E-state index in [9.17, 15) is 9.59 Å². The second-order valence-electron chi connectivity index (χ2n) is 6.22. The third kappa shape index (κ3) is 4.61. The minimum Gasteiger partial charge on any atom is -0.379 e. The lowest BCUT2D eigenvalue weighted by molar-refractivity contribution is 0.0942. The second-order valence-corrected chi connectivity index (χ2v) is 6.22. The first-order chi connectivity index (χ1) is 13.5. The minimum atomic E-state index is -0.529. The number of hydrogen-bond acceptors (Lipinski definition) is 7. The fourth-order valence-electron chi connectivity index (χ4n) is 2.59. The van der Waals surface area contributed by atoms with Crippen LogP contribution in [-0.4, -0.2) is 31.9 Å². The van der Waals surface area contributed by atoms with Crippen LogP contribution in [-0.2, 0) is 6.54 Å². The molecule has 1 unspecified atom stereocenters. The van der Waals surface area contributed by atoms with Crippen molar-refractivity contribution in [1.29, 1.82) is 0 Å². The van der Waals surface area contributed by atoms with Crippen LogP contribution < -0.4 is 21.9 Å². The molecule has 0 aliphatic carbocycles. The Balaban J connectivity index is 1.64. The number of hydrogen-bond donors (Lipinski definition) is 4. The number of carbonyl (C=O) groups is 1. The first-order valence-electron chi connectivity index (χ1n) is 8.75. The van der Waals surface area contributed by atoms with E-state index in [2.05, 4.69) is 44.4 Å². The second kappa shape index (κ2) is 8.47. The zero-order chi connectivity index (χ0) is 20.1. The number of H-pyrrole nitrogens is 1. The summed E-state index contributed by atoms with van der Waals surface area (Å²) in [6.07, 6.45) is 3.08. The van der Waals surface area contributed by atoms with E-state index in [0.717, 1.165) is 12.1 Å². The van der Waals surface area contributed by atoms with Gasteiger partial charge in [-0.2, -0.15) is 9.97 Å². The Labute approximate surface area is 162 Å². The minimum absolute atomic E-state index is 0.0953. The lowest BCUT2D eigenvalue weighted by Gasteiger charge is -2.13. The Bertz CT molecular complexity index is 984. The third-order valence-corrected chi connectivity index (χ3v) is 4.01. The molecular formula is C19H21N7O2. The Morgan fingerprint density at radius 1 is 1.21 bits per heavy atom. The predicted octanol–water partition coefficient (Wildman–Crippen LogP) is 1.41. The fourth-order valence-corrected chi connectivity index (χ4v) is 2.59. The van der Waals surface area contributed by atoms with Gasteiger partial charge >= 0.3 is 5.56 Å². The summed E-state index contributed by atoms with van der Waals surface area (Å²) in [5.74, 6) is 0.0225. The summed E-state index contributed by atoms with van der Waals surface area (Å²) >= 11 is 0. The van der Waals surface area contributed by atoms with Crippen molar-refractivity contribution in [2.45, 2.75) is 25.4 Å². The molecule has 0 bridgehead atoms. The largest absolute Gasteiger partial charge is 0.379 e. The van der Waals surface area contributed by atoms with Crippen molar-refractivity contribution in [2.24, 2.45) is 0 Å². The Morgan fingerprint density at radius 3 is 2.68 bits per heavy atom. The summed E-state index contributed by atoms with van der Waals surface area (Å²) in [6.45, 7) is 7.99. The van der Waals surface area contributed by atoms with Gasteiger partial charge in [0.05, 0.1) is 12.2 Å². The standard InChI is InChI=1S/C19H21N7O2/c1-3-4-11(2)23-17(27)12-5-7-13(8-6-12)21-9-14-10-22-16-15(24-14)18(28)26-19(20)25-16/h5-8,10-11,21H,1-4,9H2,(H,23,27)(H3,20,22,25,26,28). The molecule has 0 saturated carbocycles. The topological polar surface area (TPSA) is 139 Å². The highest BCUT2D eigenvalue weighted by Crippen LogP contribution is 2.13. The molecule has 5 N–H and O–H groups in total. The molecule has 28 heavy (non-hydrogen) atoms. The molecule has 9 heteroatoms. The number of fused-ring (bicyclic) bond motifs is 1. The van der Waals surface area contributed by atoms with E-state index in [-0.39, 0.29) is 23.6 Å². The lowest BCUT2D eigenvalue weighted by atomic mass is 10.1. The van der Waals surface area contributed by atoms with Crippen molar-refractivity contribution in [3.63, 3.8) is 0 Å². The van der Waals surface area contributed by atoms with Crippen molar-refractivity contribution >= 4 is 17.5 Å². The Morgan fingerprint density at radius 2 is 1.96 bits per heavy atom. The Kier molecular flexibility index (Phi) is 5.83. The molecular weight excluding hydrogens is 358 g/mol. The summed E-state index contributed by atoms with van der Waals surface area (Å²) in [7, 11) is 0. The maximum Gasteiger partial charge on any atom is 0.302 e. The van der Waals surface area contributed by atoms with Gasteiger partial charge in [0.1, 0.15) is 0 Å². The number of benzene rings is 1. The van der Waals surface area contributed by atoms with Crippen LogP contribution in [0.5, 0.6) is 0 Å². The van der Waals surface area contributed by atoms with Gasteiger partial charge in [-0.05, 0) is 37.6 Å². The van der Waals surface area contributed by atoms with Crippen LogP contribution in [0.3, 0.4) is 0 Å². The first kappa shape index (κ1) is 19.3. The molecule has 1 aromatic carbocycles. The highest BCUT2D eigenvalue weighted by atomic mass is 16.1. The molecule has 0 aromatic heterocycles. The molecule has 2 radical (unpaired) electrons. The van der Waals surface area contributed by atoms with E-state index in [1.807, 2.05) is 0 Å². The van der Waals surface area contributed by atoms with Gasteiger partial charge in [-0.1, -0.05) is 13.3 Å². The zero-order valence-corrected chi connectivity index (χ0v) is 15.2. The summed E-state index contributed by atoms with van der Waals surface area (Å²) < 4.78 is 0. The molecule has 2 aliphatic rings. The maximum atomic E-state index is 12.1. The van der Waals surface area contributed by atoms with Crippen LogP contribution in [0, 0.1) is 13.8 Å². The monoisotopic (exact) mass is 379 g/mol. The number of aromatic amines is 1. The number of rotatable bonds is 7. The smallest absolute Gasteiger partial charge is 0.302 e. The van der Waals surface area contributed by atoms with Gasteiger partial charge < -0.3 is 21.4 Å². The van der Waals surface area contributed by atoms with Gasteiger partial charge in [-0.25, -0.2) is 4.98 Å². The summed E-state index contributed by atoms with van der Waals surface area (Å²) in [4.78, 5) is 38.7. The average molecular weight is 379 g/mol. The molecule has 144 valence electrons. The van der Waals surface area contributed by atoms with Crippen LogP contribution in [0.2, 0.25) is 0 Å². The van der Waals surface area contributed by atoms with E-state index in [1.54, 1.807) is 30.5 Å². The van der Waals surface area contributed by atoms with Gasteiger partial charge in [-0.3, -0.25) is 9.59 Å². The van der Waals surface area contributed by atoms with Crippen molar-refractivity contribution in [1.82, 2.24) is 25.3 Å². The van der Waals surface area contributed by atoms with E-state index in [4.69, 9.17) is 5.73 Å². The zero-order valence-electron chi connectivity index (χ0n) is 15.2. The SMILES string of the molecule is [CH2]CCC([CH2])NC(=O)c1ccc(NCc2c[nH]c3nc(N)nc(=O)c-3n2)cc1. The third-order valence-electron chi connectivity index (χ3n) is 4.01. The molecule has 1 amide bonds. The van der Waals surface area contributed by atoms with Gasteiger partial charge in [0.15, 0.2) is 11.5 Å². The Hall–Kier alpha value is -3.49. The molecule has 3 rings (SSSR count). The van der Waals surface area contributed by atoms with Crippen molar-refractivity contribution in [3.05, 3.63) is 65.9 Å². The normalized spacial score (nSPS) is 11.9. The van der Waals surface area contributed by atoms with Gasteiger partial charge in [0.25, 0.3) is 5.91 Å². The van der Waals surface area contributed by atoms with Crippen LogP contribution in [0.25, 0.3) is 11.5 Å². The highest BCUT2D eigenvalue weighted by molar-refractivity contribution is 5.94. The van der Waals surface area contributed by atoms with E-state index >= 15 is 0 Å². The molecule has 2 aliphatic heterocycles. The lowest BCUT2D eigenvalue weighted by Crippen LogP contribution is -2.32. The van der Waals surface area contributed by atoms with Gasteiger partial charge in [-0.15, -0.1) is 0 Å². The van der Waals surface area contributed by atoms with Crippen LogP contribution in [0.1, 0.15) is 28.9 Å². The summed E-state index contributed by atoms with van der Waals surface area (Å²) in [6, 6.07) is 6.87. The molecule has 1 aromatic rings. The quantitative estimate of drug-likeness (QED) is 0.487. The van der Waals surface area contributed by atoms with Crippen molar-refractivity contribution < 1.29 is 4.79 Å². The van der Waals surface area contributed by atoms with E-state index in [1.165, 1.54) is 0 Å². The first-order valence-corrected chi connectivity index (χ1v) is 8.75. The fraction of sp³-hybridized carbons (Fsp3) is 0.211. The van der Waals surface area contributed by atoms with E-state index < -0.39 is 5.56 Å². The van der Waals surface area contributed by atoms with Crippen LogP contribution >= 0.6 is 0 Å². The number of carbonyl (C=O) groups excluding carboxylic acids is 1. The number of amides is 1. The van der Waals surface area contributed by atoms with Crippen LogP contribution in [0.4, 0.5) is 11.6 Å². The van der Waals surface area contributed by atoms with E-state index in [0.29, 0.717) is 30.0 Å². The number of aromatic nitrogens is 4. The molecule has 0 spiro atoms. The highest BCUT2D eigenvalue weighted by Gasteiger charge is 2.13. The maximum absolute atomic E-state index is 12.1. The number of nitrogen functional groups attached to an aromatic ring is 1. The molecule has 1 atom stereocenters. The average Bonchev–Trinajstić information content (AvgIpc) is 2.67. The van der Waals surface area contributed by atoms with Gasteiger partial charge in [0, 0.05) is 23.5 Å². The number of nitrogens with zero attached hydrogens (tertiary/aromatic N) is 3.